The molecule has 28 heavy (non-hydrogen) atoms. The van der Waals surface area contributed by atoms with Gasteiger partial charge in [0.2, 0.25) is 0 Å². The summed E-state index contributed by atoms with van der Waals surface area (Å²) in [5, 5.41) is 40.0. The van der Waals surface area contributed by atoms with Gasteiger partial charge in [-0.3, -0.25) is 4.79 Å². The van der Waals surface area contributed by atoms with E-state index in [1.807, 2.05) is 13.8 Å². The molecule has 1 amide bonds. The van der Waals surface area contributed by atoms with E-state index in [1.54, 1.807) is 13.0 Å². The molecule has 9 heteroatoms. The molecule has 148 valence electrons. The molecule has 0 unspecified atom stereocenters. The molecular formula is C19H21N3O6. The van der Waals surface area contributed by atoms with E-state index >= 15 is 0 Å². The normalized spacial score (nSPS) is 11.2. The third kappa shape index (κ3) is 3.44. The lowest BCUT2D eigenvalue weighted by atomic mass is 9.95. The van der Waals surface area contributed by atoms with Crippen molar-refractivity contribution in [2.75, 3.05) is 6.54 Å². The largest absolute Gasteiger partial charge is 0.508 e. The number of hydrogen-bond acceptors (Lipinski definition) is 8. The predicted molar refractivity (Wildman–Crippen MR) is 98.8 cm³/mol. The second-order valence-electron chi connectivity index (χ2n) is 6.52. The van der Waals surface area contributed by atoms with Crippen molar-refractivity contribution in [3.05, 3.63) is 35.2 Å². The molecular weight excluding hydrogens is 366 g/mol. The molecule has 1 aromatic carbocycles. The Morgan fingerprint density at radius 1 is 1.14 bits per heavy atom. The fourth-order valence-corrected chi connectivity index (χ4v) is 2.84. The number of phenolic OH excluding ortho intramolecular Hbond substituents is 2. The van der Waals surface area contributed by atoms with E-state index in [-0.39, 0.29) is 58.1 Å². The van der Waals surface area contributed by atoms with Crippen LogP contribution in [0.2, 0.25) is 0 Å². The van der Waals surface area contributed by atoms with Gasteiger partial charge >= 0.3 is 0 Å². The number of nitrogens with one attached hydrogen (secondary N) is 1. The van der Waals surface area contributed by atoms with Crippen molar-refractivity contribution < 1.29 is 29.2 Å². The quantitative estimate of drug-likeness (QED) is 0.506. The Morgan fingerprint density at radius 3 is 2.50 bits per heavy atom. The maximum Gasteiger partial charge on any atom is 0.274 e. The van der Waals surface area contributed by atoms with Gasteiger partial charge in [0.05, 0.1) is 12.2 Å². The molecule has 0 fully saturated rings. The van der Waals surface area contributed by atoms with Crippen molar-refractivity contribution in [2.45, 2.75) is 33.3 Å². The molecule has 0 aliphatic carbocycles. The van der Waals surface area contributed by atoms with Crippen LogP contribution in [-0.4, -0.2) is 38.1 Å². The third-order valence-electron chi connectivity index (χ3n) is 4.22. The smallest absolute Gasteiger partial charge is 0.274 e. The molecule has 0 radical (unpaired) electrons. The zero-order chi connectivity index (χ0) is 20.4. The summed E-state index contributed by atoms with van der Waals surface area (Å²) in [5.74, 6) is -0.579. The fraction of sp³-hybridized carbons (Fsp3) is 0.316. The first-order chi connectivity index (χ1) is 13.4. The number of aromatic nitrogens is 2. The van der Waals surface area contributed by atoms with Gasteiger partial charge in [0.1, 0.15) is 22.8 Å². The third-order valence-corrected chi connectivity index (χ3v) is 4.22. The van der Waals surface area contributed by atoms with Crippen molar-refractivity contribution >= 4 is 5.91 Å². The summed E-state index contributed by atoms with van der Waals surface area (Å²) in [7, 11) is 0. The number of carbonyl (C=O) groups excluding carboxylic acids is 1. The van der Waals surface area contributed by atoms with Gasteiger partial charge in [-0.15, -0.1) is 0 Å². The maximum atomic E-state index is 12.4. The highest BCUT2D eigenvalue weighted by atomic mass is 16.5. The molecule has 0 aliphatic rings. The molecule has 0 saturated heterocycles. The summed E-state index contributed by atoms with van der Waals surface area (Å²) in [5.41, 5.74) is 1.23. The van der Waals surface area contributed by atoms with Crippen LogP contribution in [0.5, 0.6) is 11.5 Å². The van der Waals surface area contributed by atoms with Crippen LogP contribution in [0.1, 0.15) is 48.4 Å². The summed E-state index contributed by atoms with van der Waals surface area (Å²) in [4.78, 5) is 12.4. The van der Waals surface area contributed by atoms with Crippen LogP contribution in [0, 0.1) is 0 Å². The van der Waals surface area contributed by atoms with Crippen LogP contribution in [0.3, 0.4) is 0 Å². The molecule has 0 bridgehead atoms. The first-order valence-corrected chi connectivity index (χ1v) is 8.78. The summed E-state index contributed by atoms with van der Waals surface area (Å²) < 4.78 is 10.7. The second-order valence-corrected chi connectivity index (χ2v) is 6.52. The van der Waals surface area contributed by atoms with Crippen LogP contribution < -0.4 is 5.32 Å². The molecule has 3 rings (SSSR count). The molecule has 2 aromatic heterocycles. The number of aromatic hydroxyl groups is 2. The Labute approximate surface area is 160 Å². The zero-order valence-corrected chi connectivity index (χ0v) is 15.7. The summed E-state index contributed by atoms with van der Waals surface area (Å²) >= 11 is 0. The van der Waals surface area contributed by atoms with Gasteiger partial charge in [0, 0.05) is 18.7 Å². The van der Waals surface area contributed by atoms with Crippen LogP contribution in [0.25, 0.3) is 22.6 Å². The SMILES string of the molecule is CCNC(=O)c1noc(-c2cc(C(C)C)c(O)cc2O)c1-c1cc(CO)no1. The van der Waals surface area contributed by atoms with Gasteiger partial charge in [-0.25, -0.2) is 0 Å². The van der Waals surface area contributed by atoms with Crippen LogP contribution >= 0.6 is 0 Å². The minimum Gasteiger partial charge on any atom is -0.508 e. The lowest BCUT2D eigenvalue weighted by molar-refractivity contribution is 0.0947. The monoisotopic (exact) mass is 387 g/mol. The van der Waals surface area contributed by atoms with E-state index < -0.39 is 5.91 Å². The van der Waals surface area contributed by atoms with E-state index in [0.717, 1.165) is 0 Å². The van der Waals surface area contributed by atoms with E-state index in [4.69, 9.17) is 9.05 Å². The van der Waals surface area contributed by atoms with Crippen molar-refractivity contribution in [1.82, 2.24) is 15.6 Å². The van der Waals surface area contributed by atoms with E-state index in [1.165, 1.54) is 12.1 Å². The van der Waals surface area contributed by atoms with E-state index in [9.17, 15) is 20.1 Å². The van der Waals surface area contributed by atoms with Gasteiger partial charge in [0.25, 0.3) is 5.91 Å². The topological polar surface area (TPSA) is 142 Å². The van der Waals surface area contributed by atoms with Crippen molar-refractivity contribution in [3.63, 3.8) is 0 Å². The summed E-state index contributed by atoms with van der Waals surface area (Å²) in [6.45, 7) is 5.57. The van der Waals surface area contributed by atoms with Crippen molar-refractivity contribution in [2.24, 2.45) is 0 Å². The van der Waals surface area contributed by atoms with Crippen LogP contribution in [-0.2, 0) is 6.61 Å². The predicted octanol–water partition coefficient (Wildman–Crippen LogP) is 2.77. The molecule has 0 spiro atoms. The second kappa shape index (κ2) is 7.73. The van der Waals surface area contributed by atoms with E-state index in [2.05, 4.69) is 15.6 Å². The number of rotatable bonds is 6. The fourth-order valence-electron chi connectivity index (χ4n) is 2.84. The Hall–Kier alpha value is -3.33. The van der Waals surface area contributed by atoms with Gasteiger partial charge in [-0.05, 0) is 24.5 Å². The number of hydrogen-bond donors (Lipinski definition) is 4. The lowest BCUT2D eigenvalue weighted by Crippen LogP contribution is -2.23. The van der Waals surface area contributed by atoms with Gasteiger partial charge in [-0.1, -0.05) is 24.2 Å². The average molecular weight is 387 g/mol. The van der Waals surface area contributed by atoms with Crippen molar-refractivity contribution in [3.8, 4) is 34.1 Å². The van der Waals surface area contributed by atoms with Crippen molar-refractivity contribution in [1.29, 1.82) is 0 Å². The molecule has 4 N–H and O–H groups in total. The zero-order valence-electron chi connectivity index (χ0n) is 15.7. The first kappa shape index (κ1) is 19.4. The highest BCUT2D eigenvalue weighted by Gasteiger charge is 2.29. The standard InChI is InChI=1S/C19H21N3O6/c1-4-20-19(26)17-16(15-5-10(8-23)21-27-15)18(28-22-17)12-6-11(9(2)3)13(24)7-14(12)25/h5-7,9,23-25H,4,8H2,1-3H3,(H,20,26). The molecule has 0 aliphatic heterocycles. The van der Waals surface area contributed by atoms with Gasteiger partial charge in [-0.2, -0.15) is 0 Å². The number of carbonyl (C=O) groups is 1. The number of amides is 1. The minimum absolute atomic E-state index is 0.0279. The number of phenols is 2. The number of aliphatic hydroxyl groups is 1. The Morgan fingerprint density at radius 2 is 1.89 bits per heavy atom. The highest BCUT2D eigenvalue weighted by Crippen LogP contribution is 2.43. The first-order valence-electron chi connectivity index (χ1n) is 8.78. The average Bonchev–Trinajstić information content (AvgIpc) is 3.28. The number of aliphatic hydroxyl groups excluding tert-OH is 1. The molecule has 9 nitrogen and oxygen atoms in total. The van der Waals surface area contributed by atoms with Crippen LogP contribution in [0.15, 0.2) is 27.2 Å². The Bertz CT molecular complexity index is 1010. The number of nitrogens with zero attached hydrogens (tertiary/aromatic N) is 2. The Balaban J connectivity index is 2.25. The Kier molecular flexibility index (Phi) is 5.36. The van der Waals surface area contributed by atoms with E-state index in [0.29, 0.717) is 12.1 Å². The van der Waals surface area contributed by atoms with Crippen LogP contribution in [0.4, 0.5) is 0 Å². The number of benzene rings is 1. The van der Waals surface area contributed by atoms with Gasteiger partial charge in [0.15, 0.2) is 17.2 Å². The lowest BCUT2D eigenvalue weighted by Gasteiger charge is -2.11. The highest BCUT2D eigenvalue weighted by molar-refractivity contribution is 6.01. The molecule has 2 heterocycles. The summed E-state index contributed by atoms with van der Waals surface area (Å²) in [6.07, 6.45) is 0. The molecule has 0 atom stereocenters. The van der Waals surface area contributed by atoms with Gasteiger partial charge < -0.3 is 29.7 Å². The minimum atomic E-state index is -0.489. The molecule has 0 saturated carbocycles. The maximum absolute atomic E-state index is 12.4. The summed E-state index contributed by atoms with van der Waals surface area (Å²) in [6, 6.07) is 4.24. The molecule has 3 aromatic rings.